The molecule has 0 aliphatic heterocycles. The fourth-order valence-electron chi connectivity index (χ4n) is 0.958. The Balaban J connectivity index is 2.88. The minimum Gasteiger partial charge on any atom is -0.358 e. The van der Waals surface area contributed by atoms with E-state index in [2.05, 4.69) is 15.6 Å². The second kappa shape index (κ2) is 5.26. The topological polar surface area (TPSA) is 97.2 Å². The predicted octanol–water partition coefficient (Wildman–Crippen LogP) is 0.801. The Kier molecular flexibility index (Phi) is 4.01. The number of nitro groups is 1. The summed E-state index contributed by atoms with van der Waals surface area (Å²) in [7, 11) is 1.46. The maximum Gasteiger partial charge on any atom is 0.311 e. The highest BCUT2D eigenvalue weighted by Gasteiger charge is 2.15. The van der Waals surface area contributed by atoms with Crippen LogP contribution in [0.15, 0.2) is 12.1 Å². The van der Waals surface area contributed by atoms with Crippen molar-refractivity contribution < 1.29 is 9.72 Å². The summed E-state index contributed by atoms with van der Waals surface area (Å²) in [5, 5.41) is 15.6. The lowest BCUT2D eigenvalue weighted by Gasteiger charge is -2.05. The van der Waals surface area contributed by atoms with Crippen molar-refractivity contribution in [2.24, 2.45) is 0 Å². The van der Waals surface area contributed by atoms with Crippen LogP contribution in [0.3, 0.4) is 0 Å². The molecule has 1 amide bonds. The van der Waals surface area contributed by atoms with Crippen molar-refractivity contribution in [2.75, 3.05) is 18.9 Å². The fraction of sp³-hybridized carbons (Fsp3) is 0.250. The maximum absolute atomic E-state index is 10.9. The molecule has 16 heavy (non-hydrogen) atoms. The van der Waals surface area contributed by atoms with Gasteiger partial charge in [-0.05, 0) is 6.07 Å². The number of hydrogen-bond donors (Lipinski definition) is 2. The minimum absolute atomic E-state index is 0.0268. The molecule has 0 aromatic carbocycles. The Morgan fingerprint density at radius 1 is 1.62 bits per heavy atom. The lowest BCUT2D eigenvalue weighted by atomic mass is 10.4. The first kappa shape index (κ1) is 12.2. The van der Waals surface area contributed by atoms with Crippen molar-refractivity contribution in [3.63, 3.8) is 0 Å². The van der Waals surface area contributed by atoms with E-state index in [9.17, 15) is 14.9 Å². The van der Waals surface area contributed by atoms with Gasteiger partial charge in [0.1, 0.15) is 5.15 Å². The average Bonchev–Trinajstić information content (AvgIpc) is 2.25. The average molecular weight is 245 g/mol. The molecule has 0 fully saturated rings. The molecule has 0 saturated carbocycles. The molecule has 0 spiro atoms. The Hall–Kier alpha value is -1.89. The third-order valence-electron chi connectivity index (χ3n) is 1.73. The number of rotatable bonds is 4. The molecule has 1 heterocycles. The van der Waals surface area contributed by atoms with Gasteiger partial charge in [0.05, 0.1) is 11.5 Å². The number of nitrogens with zero attached hydrogens (tertiary/aromatic N) is 2. The first-order valence-corrected chi connectivity index (χ1v) is 4.67. The molecule has 0 saturated heterocycles. The van der Waals surface area contributed by atoms with Crippen molar-refractivity contribution in [2.45, 2.75) is 0 Å². The van der Waals surface area contributed by atoms with Crippen molar-refractivity contribution in [1.29, 1.82) is 0 Å². The summed E-state index contributed by atoms with van der Waals surface area (Å²) in [5.41, 5.74) is -0.228. The van der Waals surface area contributed by atoms with Crippen LogP contribution >= 0.6 is 11.6 Å². The number of aromatic nitrogens is 1. The number of likely N-dealkylation sites (N-methyl/N-ethyl adjacent to an activating group) is 1. The zero-order valence-electron chi connectivity index (χ0n) is 8.36. The molecular formula is C8H9ClN4O3. The van der Waals surface area contributed by atoms with Gasteiger partial charge in [-0.1, -0.05) is 11.6 Å². The number of nitrogens with one attached hydrogen (secondary N) is 2. The Morgan fingerprint density at radius 3 is 2.88 bits per heavy atom. The molecule has 0 radical (unpaired) electrons. The van der Waals surface area contributed by atoms with E-state index in [1.54, 1.807) is 0 Å². The Labute approximate surface area is 96.0 Å². The summed E-state index contributed by atoms with van der Waals surface area (Å²) in [4.78, 5) is 24.7. The van der Waals surface area contributed by atoms with Gasteiger partial charge in [-0.2, -0.15) is 0 Å². The number of halogens is 1. The van der Waals surface area contributed by atoms with Gasteiger partial charge in [0.15, 0.2) is 0 Å². The molecule has 8 heteroatoms. The van der Waals surface area contributed by atoms with E-state index in [0.717, 1.165) is 0 Å². The van der Waals surface area contributed by atoms with Gasteiger partial charge in [-0.15, -0.1) is 0 Å². The minimum atomic E-state index is -0.602. The molecule has 7 nitrogen and oxygen atoms in total. The molecule has 0 atom stereocenters. The lowest BCUT2D eigenvalue weighted by molar-refractivity contribution is -0.384. The Morgan fingerprint density at radius 2 is 2.31 bits per heavy atom. The van der Waals surface area contributed by atoms with Crippen molar-refractivity contribution in [1.82, 2.24) is 10.3 Å². The summed E-state index contributed by atoms with van der Waals surface area (Å²) in [5.74, 6) is -0.336. The number of carbonyl (C=O) groups excluding carboxylic acids is 1. The van der Waals surface area contributed by atoms with Gasteiger partial charge in [-0.3, -0.25) is 14.9 Å². The Bertz CT molecular complexity index is 424. The standard InChI is InChI=1S/C8H9ClN4O3/c1-10-7(14)4-11-8-5(13(15)16)2-3-6(9)12-8/h2-3H,4H2,1H3,(H,10,14)(H,11,12). The van der Waals surface area contributed by atoms with Crippen molar-refractivity contribution in [3.8, 4) is 0 Å². The van der Waals surface area contributed by atoms with Crippen LogP contribution in [0.2, 0.25) is 5.15 Å². The van der Waals surface area contributed by atoms with Crippen LogP contribution in [0.25, 0.3) is 0 Å². The second-order valence-corrected chi connectivity index (χ2v) is 3.17. The molecule has 1 aromatic rings. The first-order chi connectivity index (χ1) is 7.54. The van der Waals surface area contributed by atoms with Gasteiger partial charge in [0.2, 0.25) is 11.7 Å². The number of anilines is 1. The van der Waals surface area contributed by atoms with E-state index in [4.69, 9.17) is 11.6 Å². The van der Waals surface area contributed by atoms with E-state index in [-0.39, 0.29) is 29.1 Å². The molecule has 1 rings (SSSR count). The molecule has 1 aromatic heterocycles. The predicted molar refractivity (Wildman–Crippen MR) is 58.5 cm³/mol. The van der Waals surface area contributed by atoms with E-state index in [1.807, 2.05) is 0 Å². The second-order valence-electron chi connectivity index (χ2n) is 2.79. The lowest BCUT2D eigenvalue weighted by Crippen LogP contribution is -2.26. The monoisotopic (exact) mass is 244 g/mol. The summed E-state index contributed by atoms with van der Waals surface area (Å²) in [6.07, 6.45) is 0. The third-order valence-corrected chi connectivity index (χ3v) is 1.94. The largest absolute Gasteiger partial charge is 0.358 e. The molecule has 0 aliphatic carbocycles. The summed E-state index contributed by atoms with van der Waals surface area (Å²) in [6.45, 7) is -0.106. The number of hydrogen-bond acceptors (Lipinski definition) is 5. The quantitative estimate of drug-likeness (QED) is 0.464. The van der Waals surface area contributed by atoms with E-state index < -0.39 is 4.92 Å². The first-order valence-electron chi connectivity index (χ1n) is 4.30. The van der Waals surface area contributed by atoms with Gasteiger partial charge >= 0.3 is 5.69 Å². The van der Waals surface area contributed by atoms with Crippen LogP contribution in [0.1, 0.15) is 0 Å². The highest BCUT2D eigenvalue weighted by atomic mass is 35.5. The molecule has 86 valence electrons. The summed E-state index contributed by atoms with van der Waals surface area (Å²) >= 11 is 5.60. The molecular weight excluding hydrogens is 236 g/mol. The van der Waals surface area contributed by atoms with Gasteiger partial charge in [-0.25, -0.2) is 4.98 Å². The van der Waals surface area contributed by atoms with E-state index in [0.29, 0.717) is 0 Å². The zero-order valence-corrected chi connectivity index (χ0v) is 9.11. The van der Waals surface area contributed by atoms with Crippen molar-refractivity contribution >= 4 is 29.0 Å². The van der Waals surface area contributed by atoms with E-state index in [1.165, 1.54) is 19.2 Å². The molecule has 0 bridgehead atoms. The van der Waals surface area contributed by atoms with Gasteiger partial charge in [0.25, 0.3) is 0 Å². The van der Waals surface area contributed by atoms with Crippen LogP contribution in [-0.2, 0) is 4.79 Å². The number of pyridine rings is 1. The van der Waals surface area contributed by atoms with Crippen molar-refractivity contribution in [3.05, 3.63) is 27.4 Å². The number of amides is 1. The van der Waals surface area contributed by atoms with Gasteiger partial charge in [0, 0.05) is 13.1 Å². The normalized spacial score (nSPS) is 9.62. The number of carbonyl (C=O) groups is 1. The van der Waals surface area contributed by atoms with Crippen LogP contribution in [0.5, 0.6) is 0 Å². The SMILES string of the molecule is CNC(=O)CNc1nc(Cl)ccc1[N+](=O)[O-]. The van der Waals surface area contributed by atoms with Crippen LogP contribution < -0.4 is 10.6 Å². The molecule has 2 N–H and O–H groups in total. The fourth-order valence-corrected chi connectivity index (χ4v) is 1.11. The van der Waals surface area contributed by atoms with Crippen LogP contribution in [-0.4, -0.2) is 29.4 Å². The molecule has 0 unspecified atom stereocenters. The van der Waals surface area contributed by atoms with Crippen LogP contribution in [0, 0.1) is 10.1 Å². The summed E-state index contributed by atoms with van der Waals surface area (Å²) in [6, 6.07) is 2.53. The van der Waals surface area contributed by atoms with E-state index >= 15 is 0 Å². The van der Waals surface area contributed by atoms with Gasteiger partial charge < -0.3 is 10.6 Å². The third kappa shape index (κ3) is 3.06. The zero-order chi connectivity index (χ0) is 12.1. The molecule has 0 aliphatic rings. The highest BCUT2D eigenvalue weighted by Crippen LogP contribution is 2.23. The smallest absolute Gasteiger partial charge is 0.311 e. The highest BCUT2D eigenvalue weighted by molar-refractivity contribution is 6.29. The summed E-state index contributed by atoms with van der Waals surface area (Å²) < 4.78 is 0. The van der Waals surface area contributed by atoms with Crippen LogP contribution in [0.4, 0.5) is 11.5 Å². The maximum atomic E-state index is 10.9.